The van der Waals surface area contributed by atoms with Crippen molar-refractivity contribution in [1.82, 2.24) is 6.15 Å². The Bertz CT molecular complexity index is 35.9. The molecular weight excluding hydrogens is 144 g/mol. The second-order valence-corrected chi connectivity index (χ2v) is 0.238. The molecule has 44 valence electrons. The molecule has 4 N–H and O–H groups in total. The molecule has 0 atom stereocenters. The van der Waals surface area contributed by atoms with E-state index in [2.05, 4.69) is 0 Å². The standard InChI is InChI=1S/Ca.HNO3.H3N.H4Si.2H/c;2-1(3)4;;;;/h;(H,2,3,4);1H3;1H4;;. The van der Waals surface area contributed by atoms with Gasteiger partial charge in [-0.3, -0.25) is 0 Å². The van der Waals surface area contributed by atoms with E-state index in [9.17, 15) is 0 Å². The second kappa shape index (κ2) is 15.9. The van der Waals surface area contributed by atoms with Gasteiger partial charge >= 0.3 is 37.7 Å². The maximum Gasteiger partial charge on any atom is -0.0149 e. The van der Waals surface area contributed by atoms with Gasteiger partial charge in [0.25, 0.3) is 5.09 Å². The van der Waals surface area contributed by atoms with E-state index >= 15 is 0 Å². The summed E-state index contributed by atoms with van der Waals surface area (Å²) in [6.07, 6.45) is 0. The number of hydrogen-bond donors (Lipinski definition) is 2. The van der Waals surface area contributed by atoms with Crippen molar-refractivity contribution in [3.05, 3.63) is 10.1 Å². The van der Waals surface area contributed by atoms with Crippen LogP contribution in [0.3, 0.4) is 0 Å². The Labute approximate surface area is 74.8 Å². The van der Waals surface area contributed by atoms with E-state index < -0.39 is 5.09 Å². The Kier molecular flexibility index (Phi) is 57.9. The Balaban J connectivity index is -0.0000000150. The van der Waals surface area contributed by atoms with Crippen LogP contribution >= 0.6 is 0 Å². The van der Waals surface area contributed by atoms with Crippen molar-refractivity contribution in [3.63, 3.8) is 0 Å². The van der Waals surface area contributed by atoms with Gasteiger partial charge in [-0.15, -0.1) is 10.1 Å². The van der Waals surface area contributed by atoms with E-state index in [0.717, 1.165) is 0 Å². The fourth-order valence-electron chi connectivity index (χ4n) is 0. The molecule has 7 heteroatoms. The molecule has 0 radical (unpaired) electrons. The van der Waals surface area contributed by atoms with E-state index in [1.807, 2.05) is 0 Å². The van der Waals surface area contributed by atoms with E-state index in [1.165, 1.54) is 0 Å². The minimum atomic E-state index is -1.50. The minimum absolute atomic E-state index is 0. The van der Waals surface area contributed by atoms with Gasteiger partial charge < -0.3 is 11.4 Å². The van der Waals surface area contributed by atoms with E-state index in [4.69, 9.17) is 15.3 Å². The molecule has 0 spiro atoms. The third kappa shape index (κ3) is 352. The first-order valence-electron chi connectivity index (χ1n) is 0.565. The van der Waals surface area contributed by atoms with E-state index in [-0.39, 0.29) is 54.9 Å². The number of hydrogen-bond acceptors (Lipinski definition) is 3. The monoisotopic (exact) mass is 154 g/mol. The molecule has 0 saturated heterocycles. The summed E-state index contributed by atoms with van der Waals surface area (Å²) in [7, 11) is 0. The molecule has 0 amide bonds. The molecule has 0 aromatic heterocycles. The molecule has 0 heterocycles. The average Bonchev–Trinajstić information content (AvgIpc) is 0.811. The molecule has 7 heavy (non-hydrogen) atoms. The Morgan fingerprint density at radius 1 is 1.57 bits per heavy atom. The quantitative estimate of drug-likeness (QED) is 0.228. The van der Waals surface area contributed by atoms with Crippen molar-refractivity contribution in [2.24, 2.45) is 0 Å². The van der Waals surface area contributed by atoms with Crippen LogP contribution in [-0.4, -0.2) is 59.0 Å². The van der Waals surface area contributed by atoms with E-state index in [0.29, 0.717) is 0 Å². The number of rotatable bonds is 0. The van der Waals surface area contributed by atoms with Crippen molar-refractivity contribution >= 4 is 48.7 Å². The largest absolute Gasteiger partial charge is 0.0149 e. The summed E-state index contributed by atoms with van der Waals surface area (Å²) >= 11 is 0. The van der Waals surface area contributed by atoms with Gasteiger partial charge in [-0.2, -0.15) is 0 Å². The third-order valence-electron chi connectivity index (χ3n) is 0. The van der Waals surface area contributed by atoms with Crippen LogP contribution in [0.4, 0.5) is 0 Å². The van der Waals surface area contributed by atoms with Crippen LogP contribution in [0, 0.1) is 10.1 Å². The van der Waals surface area contributed by atoms with Crippen LogP contribution in [0.5, 0.6) is 0 Å². The zero-order valence-corrected chi connectivity index (χ0v) is 2.42. The van der Waals surface area contributed by atoms with Crippen LogP contribution in [0.2, 0.25) is 0 Å². The molecule has 0 aromatic carbocycles. The molecule has 0 bridgehead atoms. The molecular formula is H10CaN2O3Si. The average molecular weight is 154 g/mol. The van der Waals surface area contributed by atoms with Gasteiger partial charge in [-0.25, -0.2) is 0 Å². The van der Waals surface area contributed by atoms with Crippen molar-refractivity contribution in [3.8, 4) is 0 Å². The molecule has 5 nitrogen and oxygen atoms in total. The second-order valence-electron chi connectivity index (χ2n) is 0.238. The maximum absolute atomic E-state index is 8.36. The van der Waals surface area contributed by atoms with Crippen molar-refractivity contribution < 1.29 is 10.3 Å². The summed E-state index contributed by atoms with van der Waals surface area (Å²) in [5.41, 5.74) is 0. The Morgan fingerprint density at radius 3 is 1.57 bits per heavy atom. The predicted molar refractivity (Wildman–Crippen MR) is 33.7 cm³/mol. The molecule has 0 unspecified atom stereocenters. The topological polar surface area (TPSA) is 98.4 Å². The van der Waals surface area contributed by atoms with Gasteiger partial charge in [0.05, 0.1) is 0 Å². The Hall–Kier alpha value is 0.637. The first kappa shape index (κ1) is 25.4. The fourth-order valence-corrected chi connectivity index (χ4v) is 0. The molecule has 0 aliphatic carbocycles. The summed E-state index contributed by atoms with van der Waals surface area (Å²) < 4.78 is 0. The molecule has 0 fully saturated rings. The van der Waals surface area contributed by atoms with Crippen molar-refractivity contribution in [2.75, 3.05) is 0 Å². The SMILES string of the molecule is N.O=[N+]([O-])O.[CaH2].[SiH4]. The summed E-state index contributed by atoms with van der Waals surface area (Å²) in [4.78, 5) is 8.36. The maximum atomic E-state index is 8.36. The summed E-state index contributed by atoms with van der Waals surface area (Å²) in [5.74, 6) is 0. The van der Waals surface area contributed by atoms with Gasteiger partial charge in [0.2, 0.25) is 0 Å². The molecule has 0 aromatic rings. The van der Waals surface area contributed by atoms with Gasteiger partial charge in [-0.1, -0.05) is 0 Å². The molecule has 0 aliphatic rings. The smallest absolute Gasteiger partial charge is 0.0149 e. The minimum Gasteiger partial charge on any atom is -0.0149 e. The zero-order chi connectivity index (χ0) is 3.58. The van der Waals surface area contributed by atoms with Gasteiger partial charge in [0.15, 0.2) is 0 Å². The van der Waals surface area contributed by atoms with Gasteiger partial charge in [-0.05, 0) is 11.0 Å². The fraction of sp³-hybridized carbons (Fsp3) is 0. The van der Waals surface area contributed by atoms with Crippen LogP contribution in [0.15, 0.2) is 0 Å². The first-order chi connectivity index (χ1) is 1.73. The molecule has 0 rings (SSSR count). The van der Waals surface area contributed by atoms with Crippen molar-refractivity contribution in [2.45, 2.75) is 0 Å². The Morgan fingerprint density at radius 2 is 1.57 bits per heavy atom. The third-order valence-corrected chi connectivity index (χ3v) is 0. The molecule has 0 aliphatic heterocycles. The number of nitrogens with zero attached hydrogens (tertiary/aromatic N) is 1. The first-order valence-corrected chi connectivity index (χ1v) is 0.565. The van der Waals surface area contributed by atoms with Gasteiger partial charge in [0.1, 0.15) is 0 Å². The summed E-state index contributed by atoms with van der Waals surface area (Å²) in [5, 5.41) is 13.6. The summed E-state index contributed by atoms with van der Waals surface area (Å²) in [6.45, 7) is 0. The van der Waals surface area contributed by atoms with Crippen molar-refractivity contribution in [1.29, 1.82) is 0 Å². The van der Waals surface area contributed by atoms with Crippen LogP contribution in [-0.2, 0) is 0 Å². The summed E-state index contributed by atoms with van der Waals surface area (Å²) in [6, 6.07) is 0. The normalized spacial score (nSPS) is 3.43. The van der Waals surface area contributed by atoms with Gasteiger partial charge in [0, 0.05) is 0 Å². The van der Waals surface area contributed by atoms with E-state index in [1.54, 1.807) is 0 Å². The van der Waals surface area contributed by atoms with Crippen LogP contribution in [0.1, 0.15) is 0 Å². The zero-order valence-electron chi connectivity index (χ0n) is 2.42. The van der Waals surface area contributed by atoms with Crippen LogP contribution < -0.4 is 6.15 Å². The molecule has 0 saturated carbocycles. The predicted octanol–water partition coefficient (Wildman–Crippen LogP) is -2.55. The van der Waals surface area contributed by atoms with Crippen LogP contribution in [0.25, 0.3) is 0 Å².